The van der Waals surface area contributed by atoms with Gasteiger partial charge in [-0.1, -0.05) is 30.1 Å². The maximum Gasteiger partial charge on any atom is 0.119 e. The minimum atomic E-state index is -0.0133. The third-order valence-electron chi connectivity index (χ3n) is 3.14. The lowest BCUT2D eigenvalue weighted by Crippen LogP contribution is -2.29. The molecular weight excluding hydrogens is 309 g/mol. The van der Waals surface area contributed by atoms with Crippen molar-refractivity contribution in [1.29, 1.82) is 0 Å². The molecule has 1 unspecified atom stereocenters. The monoisotopic (exact) mass is 327 g/mol. The van der Waals surface area contributed by atoms with Gasteiger partial charge in [-0.25, -0.2) is 0 Å². The molecule has 1 N–H and O–H groups in total. The van der Waals surface area contributed by atoms with Crippen molar-refractivity contribution in [2.24, 2.45) is 7.05 Å². The van der Waals surface area contributed by atoms with Crippen molar-refractivity contribution in [1.82, 2.24) is 15.1 Å². The summed E-state index contributed by atoms with van der Waals surface area (Å²) in [6, 6.07) is 7.31. The number of rotatable bonds is 7. The van der Waals surface area contributed by atoms with Gasteiger partial charge in [0.15, 0.2) is 0 Å². The van der Waals surface area contributed by atoms with Crippen LogP contribution in [0.4, 0.5) is 0 Å². The second-order valence-electron chi connectivity index (χ2n) is 4.77. The van der Waals surface area contributed by atoms with Gasteiger partial charge >= 0.3 is 0 Å². The maximum absolute atomic E-state index is 6.22. The van der Waals surface area contributed by atoms with Crippen molar-refractivity contribution < 1.29 is 4.74 Å². The van der Waals surface area contributed by atoms with Crippen LogP contribution >= 0.6 is 23.2 Å². The molecule has 2 rings (SSSR count). The van der Waals surface area contributed by atoms with Crippen LogP contribution in [-0.4, -0.2) is 22.9 Å². The van der Waals surface area contributed by atoms with E-state index in [0.29, 0.717) is 16.7 Å². The zero-order chi connectivity index (χ0) is 15.2. The van der Waals surface area contributed by atoms with E-state index >= 15 is 0 Å². The van der Waals surface area contributed by atoms with Crippen molar-refractivity contribution in [2.45, 2.75) is 19.4 Å². The molecule has 21 heavy (non-hydrogen) atoms. The Bertz CT molecular complexity index is 549. The van der Waals surface area contributed by atoms with E-state index in [0.717, 1.165) is 24.4 Å². The molecule has 0 saturated heterocycles. The molecule has 0 amide bonds. The molecule has 2 aromatic rings. The van der Waals surface area contributed by atoms with Crippen LogP contribution in [0, 0.1) is 0 Å². The Labute approximate surface area is 135 Å². The summed E-state index contributed by atoms with van der Waals surface area (Å²) in [5, 5.41) is 8.96. The van der Waals surface area contributed by atoms with Gasteiger partial charge in [-0.2, -0.15) is 5.10 Å². The molecule has 4 nitrogen and oxygen atoms in total. The van der Waals surface area contributed by atoms with E-state index in [1.54, 1.807) is 10.9 Å². The highest BCUT2D eigenvalue weighted by Gasteiger charge is 2.19. The second kappa shape index (κ2) is 7.69. The first-order valence-corrected chi connectivity index (χ1v) is 7.66. The molecule has 6 heteroatoms. The SMILES string of the molecule is CCCNC(COc1ccc(Cl)cc1)c1c(Cl)cnn1C. The fraction of sp³-hybridized carbons (Fsp3) is 0.400. The summed E-state index contributed by atoms with van der Waals surface area (Å²) in [4.78, 5) is 0. The van der Waals surface area contributed by atoms with Gasteiger partial charge < -0.3 is 10.1 Å². The van der Waals surface area contributed by atoms with Crippen LogP contribution in [0.3, 0.4) is 0 Å². The Hall–Kier alpha value is -1.23. The largest absolute Gasteiger partial charge is 0.492 e. The van der Waals surface area contributed by atoms with Gasteiger partial charge in [-0.05, 0) is 37.2 Å². The summed E-state index contributed by atoms with van der Waals surface area (Å²) in [7, 11) is 1.88. The summed E-state index contributed by atoms with van der Waals surface area (Å²) in [5.74, 6) is 0.779. The Kier molecular flexibility index (Phi) is 5.91. The Morgan fingerprint density at radius 2 is 2.00 bits per heavy atom. The van der Waals surface area contributed by atoms with Gasteiger partial charge in [0.2, 0.25) is 0 Å². The topological polar surface area (TPSA) is 39.1 Å². The molecule has 0 spiro atoms. The van der Waals surface area contributed by atoms with Crippen molar-refractivity contribution in [3.05, 3.63) is 46.2 Å². The number of ether oxygens (including phenoxy) is 1. The highest BCUT2D eigenvalue weighted by atomic mass is 35.5. The first-order valence-electron chi connectivity index (χ1n) is 6.91. The molecule has 0 fully saturated rings. The van der Waals surface area contributed by atoms with Crippen molar-refractivity contribution in [3.63, 3.8) is 0 Å². The average molecular weight is 328 g/mol. The number of nitrogens with zero attached hydrogens (tertiary/aromatic N) is 2. The van der Waals surface area contributed by atoms with E-state index < -0.39 is 0 Å². The fourth-order valence-electron chi connectivity index (χ4n) is 2.08. The number of aromatic nitrogens is 2. The van der Waals surface area contributed by atoms with Crippen LogP contribution in [0.25, 0.3) is 0 Å². The van der Waals surface area contributed by atoms with Crippen LogP contribution in [0.1, 0.15) is 25.1 Å². The quantitative estimate of drug-likeness (QED) is 0.839. The van der Waals surface area contributed by atoms with E-state index in [-0.39, 0.29) is 6.04 Å². The summed E-state index contributed by atoms with van der Waals surface area (Å²) in [6.45, 7) is 3.48. The Morgan fingerprint density at radius 1 is 1.29 bits per heavy atom. The van der Waals surface area contributed by atoms with Crippen LogP contribution in [0.15, 0.2) is 30.5 Å². The zero-order valence-electron chi connectivity index (χ0n) is 12.1. The molecule has 0 bridgehead atoms. The summed E-state index contributed by atoms with van der Waals surface area (Å²) in [5.41, 5.74) is 0.930. The molecule has 0 aliphatic rings. The molecule has 1 aromatic carbocycles. The number of halogens is 2. The maximum atomic E-state index is 6.22. The lowest BCUT2D eigenvalue weighted by Gasteiger charge is -2.20. The molecule has 1 aromatic heterocycles. The molecule has 0 aliphatic heterocycles. The highest BCUT2D eigenvalue weighted by molar-refractivity contribution is 6.31. The predicted octanol–water partition coefficient (Wildman–Crippen LogP) is 3.85. The van der Waals surface area contributed by atoms with Gasteiger partial charge in [0.25, 0.3) is 0 Å². The van der Waals surface area contributed by atoms with E-state index in [1.165, 1.54) is 0 Å². The van der Waals surface area contributed by atoms with Crippen molar-refractivity contribution >= 4 is 23.2 Å². The van der Waals surface area contributed by atoms with Gasteiger partial charge in [-0.15, -0.1) is 0 Å². The highest BCUT2D eigenvalue weighted by Crippen LogP contribution is 2.24. The third kappa shape index (κ3) is 4.37. The molecule has 0 radical (unpaired) electrons. The number of hydrogen-bond donors (Lipinski definition) is 1. The number of nitrogens with one attached hydrogen (secondary N) is 1. The summed E-state index contributed by atoms with van der Waals surface area (Å²) < 4.78 is 7.61. The van der Waals surface area contributed by atoms with E-state index in [4.69, 9.17) is 27.9 Å². The standard InChI is InChI=1S/C15H19Cl2N3O/c1-3-8-18-14(15-13(17)9-19-20(15)2)10-21-12-6-4-11(16)5-7-12/h4-7,9,14,18H,3,8,10H2,1-2H3. The van der Waals surface area contributed by atoms with Gasteiger partial charge in [0.1, 0.15) is 12.4 Å². The lowest BCUT2D eigenvalue weighted by molar-refractivity contribution is 0.260. The summed E-state index contributed by atoms with van der Waals surface area (Å²) in [6.07, 6.45) is 2.69. The van der Waals surface area contributed by atoms with E-state index in [1.807, 2.05) is 31.3 Å². The van der Waals surface area contributed by atoms with Gasteiger partial charge in [0.05, 0.1) is 23.0 Å². The second-order valence-corrected chi connectivity index (χ2v) is 5.62. The predicted molar refractivity (Wildman–Crippen MR) is 86.2 cm³/mol. The molecule has 1 heterocycles. The lowest BCUT2D eigenvalue weighted by atomic mass is 10.2. The minimum absolute atomic E-state index is 0.0133. The van der Waals surface area contributed by atoms with Crippen LogP contribution in [-0.2, 0) is 7.05 Å². The van der Waals surface area contributed by atoms with E-state index in [2.05, 4.69) is 17.3 Å². The van der Waals surface area contributed by atoms with Crippen LogP contribution in [0.2, 0.25) is 10.0 Å². The molecule has 0 aliphatic carbocycles. The summed E-state index contributed by atoms with van der Waals surface area (Å²) >= 11 is 12.1. The fourth-order valence-corrected chi connectivity index (χ4v) is 2.50. The number of hydrogen-bond acceptors (Lipinski definition) is 3. The number of benzene rings is 1. The number of aryl methyl sites for hydroxylation is 1. The molecule has 0 saturated carbocycles. The Balaban J connectivity index is 2.08. The van der Waals surface area contributed by atoms with Crippen LogP contribution < -0.4 is 10.1 Å². The van der Waals surface area contributed by atoms with Gasteiger partial charge in [0, 0.05) is 12.1 Å². The molecule has 1 atom stereocenters. The van der Waals surface area contributed by atoms with Gasteiger partial charge in [-0.3, -0.25) is 4.68 Å². The van der Waals surface area contributed by atoms with Crippen molar-refractivity contribution in [2.75, 3.05) is 13.2 Å². The molecular formula is C15H19Cl2N3O. The molecule has 114 valence electrons. The van der Waals surface area contributed by atoms with Crippen LogP contribution in [0.5, 0.6) is 5.75 Å². The Morgan fingerprint density at radius 3 is 2.57 bits per heavy atom. The first-order chi connectivity index (χ1) is 10.1. The van der Waals surface area contributed by atoms with E-state index in [9.17, 15) is 0 Å². The minimum Gasteiger partial charge on any atom is -0.492 e. The third-order valence-corrected chi connectivity index (χ3v) is 3.68. The average Bonchev–Trinajstić information content (AvgIpc) is 2.81. The smallest absolute Gasteiger partial charge is 0.119 e. The first kappa shape index (κ1) is 16.1. The normalized spacial score (nSPS) is 12.4. The van der Waals surface area contributed by atoms with Crippen molar-refractivity contribution in [3.8, 4) is 5.75 Å². The zero-order valence-corrected chi connectivity index (χ0v) is 13.7.